The number of hydrogen-bond donors (Lipinski definition) is 2. The third kappa shape index (κ3) is 3.96. The van der Waals surface area contributed by atoms with Crippen LogP contribution in [0.5, 0.6) is 11.5 Å². The molecular formula is C23H19N5O4S. The Morgan fingerprint density at radius 1 is 1.12 bits per heavy atom. The lowest BCUT2D eigenvalue weighted by molar-refractivity contribution is -0.115. The van der Waals surface area contributed by atoms with Gasteiger partial charge in [0.15, 0.2) is 0 Å². The number of para-hydroxylation sites is 1. The fourth-order valence-corrected chi connectivity index (χ4v) is 4.28. The molecule has 10 heteroatoms. The third-order valence-corrected chi connectivity index (χ3v) is 6.18. The van der Waals surface area contributed by atoms with Crippen LogP contribution in [0, 0.1) is 0 Å². The van der Waals surface area contributed by atoms with Gasteiger partial charge in [0.2, 0.25) is 11.1 Å². The number of phenolic OH excluding ortho intramolecular Hbond substituents is 1. The number of hydrogen-bond acceptors (Lipinski definition) is 8. The summed E-state index contributed by atoms with van der Waals surface area (Å²) in [4.78, 5) is 13.0. The molecule has 5 rings (SSSR count). The number of benzene rings is 3. The molecule has 0 radical (unpaired) electrons. The number of nitrogens with zero attached hydrogens (tertiary/aromatic N) is 4. The highest BCUT2D eigenvalue weighted by atomic mass is 32.2. The molecule has 0 saturated carbocycles. The predicted octanol–water partition coefficient (Wildman–Crippen LogP) is 4.40. The summed E-state index contributed by atoms with van der Waals surface area (Å²) in [5.41, 5.74) is 2.61. The van der Waals surface area contributed by atoms with Crippen LogP contribution in [0.25, 0.3) is 27.6 Å². The summed E-state index contributed by atoms with van der Waals surface area (Å²) in [5.74, 6) is 0.437. The van der Waals surface area contributed by atoms with E-state index in [-0.39, 0.29) is 11.7 Å². The number of aromatic nitrogens is 4. The maximum atomic E-state index is 13.0. The van der Waals surface area contributed by atoms with Crippen molar-refractivity contribution in [2.75, 3.05) is 12.4 Å². The Hall–Kier alpha value is -4.05. The van der Waals surface area contributed by atoms with Crippen LogP contribution >= 0.6 is 11.8 Å². The number of furan rings is 1. The minimum Gasteiger partial charge on any atom is -0.508 e. The standard InChI is InChI=1S/C23H19N5O4S/c1-13(33-23-25-26-27-28(23)14-7-9-15(29)10-8-14)22(30)24-18-12-20-17(11-21(18)31-2)16-5-3-4-6-19(16)32-20/h3-13,29H,1-2H3,(H,24,30). The number of aromatic hydroxyl groups is 1. The van der Waals surface area contributed by atoms with Gasteiger partial charge < -0.3 is 19.6 Å². The first-order valence-electron chi connectivity index (χ1n) is 10.1. The third-order valence-electron chi connectivity index (χ3n) is 5.14. The van der Waals surface area contributed by atoms with Crippen LogP contribution in [-0.2, 0) is 4.79 Å². The molecule has 0 saturated heterocycles. The Balaban J connectivity index is 1.38. The summed E-state index contributed by atoms with van der Waals surface area (Å²) in [5, 5.41) is 26.0. The average Bonchev–Trinajstić information content (AvgIpc) is 3.43. The van der Waals surface area contributed by atoms with E-state index in [1.165, 1.54) is 16.4 Å². The quantitative estimate of drug-likeness (QED) is 0.358. The highest BCUT2D eigenvalue weighted by Gasteiger charge is 2.21. The van der Waals surface area contributed by atoms with Gasteiger partial charge in [-0.15, -0.1) is 5.10 Å². The number of carbonyl (C=O) groups excluding carboxylic acids is 1. The number of thioether (sulfide) groups is 1. The van der Waals surface area contributed by atoms with Crippen LogP contribution in [0.1, 0.15) is 6.92 Å². The molecular weight excluding hydrogens is 442 g/mol. The summed E-state index contributed by atoms with van der Waals surface area (Å²) in [6, 6.07) is 17.8. The molecule has 1 atom stereocenters. The Kier molecular flexibility index (Phi) is 5.35. The van der Waals surface area contributed by atoms with Crippen LogP contribution in [0.4, 0.5) is 5.69 Å². The second-order valence-electron chi connectivity index (χ2n) is 7.29. The zero-order chi connectivity index (χ0) is 22.9. The number of carbonyl (C=O) groups is 1. The summed E-state index contributed by atoms with van der Waals surface area (Å²) >= 11 is 1.21. The normalized spacial score (nSPS) is 12.2. The fraction of sp³-hybridized carbons (Fsp3) is 0.130. The maximum absolute atomic E-state index is 13.0. The van der Waals surface area contributed by atoms with Crippen molar-refractivity contribution in [1.29, 1.82) is 0 Å². The molecule has 2 aromatic heterocycles. The van der Waals surface area contributed by atoms with Crippen molar-refractivity contribution >= 4 is 45.3 Å². The number of rotatable bonds is 6. The average molecular weight is 462 g/mol. The molecule has 0 aliphatic heterocycles. The lowest BCUT2D eigenvalue weighted by atomic mass is 10.1. The first-order valence-corrected chi connectivity index (χ1v) is 11.0. The second kappa shape index (κ2) is 8.47. The molecule has 0 aliphatic carbocycles. The van der Waals surface area contributed by atoms with Gasteiger partial charge in [-0.1, -0.05) is 30.0 Å². The van der Waals surface area contributed by atoms with Gasteiger partial charge in [-0.05, 0) is 53.7 Å². The van der Waals surface area contributed by atoms with E-state index < -0.39 is 5.25 Å². The van der Waals surface area contributed by atoms with Crippen molar-refractivity contribution in [1.82, 2.24) is 20.2 Å². The van der Waals surface area contributed by atoms with Crippen molar-refractivity contribution in [3.05, 3.63) is 60.7 Å². The van der Waals surface area contributed by atoms with Gasteiger partial charge in [0, 0.05) is 16.8 Å². The zero-order valence-electron chi connectivity index (χ0n) is 17.7. The molecule has 0 aliphatic rings. The SMILES string of the molecule is COc1cc2c(cc1NC(=O)C(C)Sc1nnnn1-c1ccc(O)cc1)oc1ccccc12. The molecule has 5 aromatic rings. The van der Waals surface area contributed by atoms with E-state index in [4.69, 9.17) is 9.15 Å². The van der Waals surface area contributed by atoms with Crippen molar-refractivity contribution in [3.8, 4) is 17.2 Å². The lowest BCUT2D eigenvalue weighted by Crippen LogP contribution is -2.23. The van der Waals surface area contributed by atoms with Crippen molar-refractivity contribution in [2.24, 2.45) is 0 Å². The number of nitrogens with one attached hydrogen (secondary N) is 1. The Morgan fingerprint density at radius 2 is 1.91 bits per heavy atom. The molecule has 0 fully saturated rings. The predicted molar refractivity (Wildman–Crippen MR) is 125 cm³/mol. The van der Waals surface area contributed by atoms with Crippen LogP contribution in [0.15, 0.2) is 70.2 Å². The number of amides is 1. The van der Waals surface area contributed by atoms with Crippen LogP contribution in [0.2, 0.25) is 0 Å². The fourth-order valence-electron chi connectivity index (χ4n) is 3.47. The smallest absolute Gasteiger partial charge is 0.237 e. The zero-order valence-corrected chi connectivity index (χ0v) is 18.5. The first-order chi connectivity index (χ1) is 16.0. The van der Waals surface area contributed by atoms with Crippen LogP contribution < -0.4 is 10.1 Å². The molecule has 0 bridgehead atoms. The van der Waals surface area contributed by atoms with Gasteiger partial charge in [0.25, 0.3) is 0 Å². The van der Waals surface area contributed by atoms with E-state index in [9.17, 15) is 9.90 Å². The minimum atomic E-state index is -0.511. The Bertz CT molecular complexity index is 1460. The second-order valence-corrected chi connectivity index (χ2v) is 8.59. The van der Waals surface area contributed by atoms with Gasteiger partial charge in [-0.3, -0.25) is 4.79 Å². The molecule has 1 unspecified atom stereocenters. The molecule has 166 valence electrons. The van der Waals surface area contributed by atoms with Gasteiger partial charge in [-0.2, -0.15) is 4.68 Å². The maximum Gasteiger partial charge on any atom is 0.237 e. The summed E-state index contributed by atoms with van der Waals surface area (Å²) in [6.07, 6.45) is 0. The first kappa shape index (κ1) is 20.8. The topological polar surface area (TPSA) is 115 Å². The van der Waals surface area contributed by atoms with E-state index in [2.05, 4.69) is 20.8 Å². The highest BCUT2D eigenvalue weighted by Crippen LogP contribution is 2.36. The van der Waals surface area contributed by atoms with E-state index >= 15 is 0 Å². The van der Waals surface area contributed by atoms with Gasteiger partial charge in [0.1, 0.15) is 22.7 Å². The van der Waals surface area contributed by atoms with Gasteiger partial charge in [0.05, 0.1) is 23.7 Å². The number of ether oxygens (including phenoxy) is 1. The molecule has 9 nitrogen and oxygen atoms in total. The van der Waals surface area contributed by atoms with Gasteiger partial charge in [-0.25, -0.2) is 0 Å². The monoisotopic (exact) mass is 461 g/mol. The molecule has 2 heterocycles. The number of tetrazole rings is 1. The van der Waals surface area contributed by atoms with Crippen molar-refractivity contribution in [2.45, 2.75) is 17.3 Å². The van der Waals surface area contributed by atoms with Crippen LogP contribution in [-0.4, -0.2) is 43.6 Å². The van der Waals surface area contributed by atoms with Gasteiger partial charge >= 0.3 is 0 Å². The molecule has 1 amide bonds. The Morgan fingerprint density at radius 3 is 2.70 bits per heavy atom. The van der Waals surface area contributed by atoms with E-state index in [0.29, 0.717) is 27.9 Å². The number of anilines is 1. The summed E-state index contributed by atoms with van der Waals surface area (Å²) < 4.78 is 13.0. The van der Waals surface area contributed by atoms with Crippen molar-refractivity contribution in [3.63, 3.8) is 0 Å². The number of phenols is 1. The molecule has 0 spiro atoms. The minimum absolute atomic E-state index is 0.143. The molecule has 3 aromatic carbocycles. The van der Waals surface area contributed by atoms with E-state index in [1.807, 2.05) is 30.3 Å². The highest BCUT2D eigenvalue weighted by molar-refractivity contribution is 8.00. The van der Waals surface area contributed by atoms with Crippen LogP contribution in [0.3, 0.4) is 0 Å². The summed E-state index contributed by atoms with van der Waals surface area (Å²) in [7, 11) is 1.56. The largest absolute Gasteiger partial charge is 0.508 e. The summed E-state index contributed by atoms with van der Waals surface area (Å²) in [6.45, 7) is 1.77. The van der Waals surface area contributed by atoms with E-state index in [1.54, 1.807) is 44.4 Å². The molecule has 2 N–H and O–H groups in total. The molecule has 33 heavy (non-hydrogen) atoms. The Labute approximate surface area is 192 Å². The van der Waals surface area contributed by atoms with E-state index in [0.717, 1.165) is 16.4 Å². The van der Waals surface area contributed by atoms with Crippen molar-refractivity contribution < 1.29 is 19.1 Å². The number of fused-ring (bicyclic) bond motifs is 3. The lowest BCUT2D eigenvalue weighted by Gasteiger charge is -2.14. The number of methoxy groups -OCH3 is 1.